The van der Waals surface area contributed by atoms with Crippen molar-refractivity contribution in [1.29, 1.82) is 0 Å². The molecule has 2 aromatic rings. The Morgan fingerprint density at radius 1 is 1.04 bits per heavy atom. The van der Waals surface area contributed by atoms with Gasteiger partial charge in [-0.25, -0.2) is 4.79 Å². The van der Waals surface area contributed by atoms with Gasteiger partial charge >= 0.3 is 17.8 Å². The van der Waals surface area contributed by atoms with Crippen LogP contribution in [-0.2, 0) is 20.7 Å². The van der Waals surface area contributed by atoms with E-state index in [1.54, 1.807) is 12.1 Å². The molecular weight excluding hydrogens is 320 g/mol. The van der Waals surface area contributed by atoms with Crippen LogP contribution in [0.15, 0.2) is 48.5 Å². The molecule has 1 heterocycles. The topological polar surface area (TPSA) is 75.7 Å². The van der Waals surface area contributed by atoms with Gasteiger partial charge in [0.2, 0.25) is 0 Å². The molecule has 0 spiro atoms. The highest BCUT2D eigenvalue weighted by molar-refractivity contribution is 6.44. The number of amides is 2. The molecule has 0 bridgehead atoms. The fourth-order valence-electron chi connectivity index (χ4n) is 2.86. The molecular formula is C19H18N2O4. The third-order valence-electron chi connectivity index (χ3n) is 4.11. The van der Waals surface area contributed by atoms with Crippen molar-refractivity contribution >= 4 is 29.2 Å². The molecule has 6 nitrogen and oxygen atoms in total. The fourth-order valence-corrected chi connectivity index (χ4v) is 2.86. The van der Waals surface area contributed by atoms with Gasteiger partial charge in [-0.3, -0.25) is 9.59 Å². The Labute approximate surface area is 145 Å². The summed E-state index contributed by atoms with van der Waals surface area (Å²) in [5.74, 6) is -1.76. The molecule has 1 aliphatic rings. The van der Waals surface area contributed by atoms with E-state index in [0.29, 0.717) is 17.8 Å². The number of para-hydroxylation sites is 1. The van der Waals surface area contributed by atoms with Gasteiger partial charge in [0.1, 0.15) is 0 Å². The maximum atomic E-state index is 12.5. The van der Waals surface area contributed by atoms with Crippen LogP contribution in [0.3, 0.4) is 0 Å². The van der Waals surface area contributed by atoms with E-state index in [1.165, 1.54) is 24.1 Å². The number of esters is 1. The van der Waals surface area contributed by atoms with E-state index in [0.717, 1.165) is 24.1 Å². The first-order valence-corrected chi connectivity index (χ1v) is 7.99. The number of benzene rings is 2. The summed E-state index contributed by atoms with van der Waals surface area (Å²) in [6.07, 6.45) is 1.72. The summed E-state index contributed by atoms with van der Waals surface area (Å²) in [7, 11) is 1.30. The van der Waals surface area contributed by atoms with E-state index >= 15 is 0 Å². The monoisotopic (exact) mass is 338 g/mol. The van der Waals surface area contributed by atoms with Crippen LogP contribution < -0.4 is 10.2 Å². The number of nitrogens with one attached hydrogen (secondary N) is 1. The summed E-state index contributed by atoms with van der Waals surface area (Å²) in [6, 6.07) is 13.8. The van der Waals surface area contributed by atoms with Gasteiger partial charge in [0, 0.05) is 17.9 Å². The van der Waals surface area contributed by atoms with Gasteiger partial charge in [-0.05, 0) is 48.7 Å². The normalized spacial score (nSPS) is 12.9. The number of fused-ring (bicyclic) bond motifs is 1. The van der Waals surface area contributed by atoms with Gasteiger partial charge in [-0.2, -0.15) is 0 Å². The number of carbonyl (C=O) groups is 3. The Morgan fingerprint density at radius 3 is 2.48 bits per heavy atom. The van der Waals surface area contributed by atoms with Crippen molar-refractivity contribution in [3.63, 3.8) is 0 Å². The first kappa shape index (κ1) is 16.7. The second kappa shape index (κ2) is 7.17. The lowest BCUT2D eigenvalue weighted by atomic mass is 10.0. The molecule has 0 aromatic heterocycles. The van der Waals surface area contributed by atoms with Crippen molar-refractivity contribution in [2.75, 3.05) is 23.9 Å². The Hall–Kier alpha value is -3.15. The zero-order valence-corrected chi connectivity index (χ0v) is 13.8. The molecule has 0 aliphatic carbocycles. The van der Waals surface area contributed by atoms with Crippen molar-refractivity contribution < 1.29 is 19.1 Å². The van der Waals surface area contributed by atoms with Crippen molar-refractivity contribution in [1.82, 2.24) is 0 Å². The zero-order chi connectivity index (χ0) is 17.8. The molecule has 0 radical (unpaired) electrons. The van der Waals surface area contributed by atoms with Crippen molar-refractivity contribution in [3.05, 3.63) is 59.7 Å². The number of anilines is 2. The second-order valence-corrected chi connectivity index (χ2v) is 5.71. The molecule has 0 saturated carbocycles. The Bertz CT molecular complexity index is 814. The van der Waals surface area contributed by atoms with E-state index < -0.39 is 17.8 Å². The van der Waals surface area contributed by atoms with E-state index in [1.807, 2.05) is 24.3 Å². The average Bonchev–Trinajstić information content (AvgIpc) is 2.67. The molecule has 3 rings (SSSR count). The summed E-state index contributed by atoms with van der Waals surface area (Å²) in [6.45, 7) is 0.518. The van der Waals surface area contributed by atoms with Gasteiger partial charge in [-0.15, -0.1) is 0 Å². The average molecular weight is 338 g/mol. The summed E-state index contributed by atoms with van der Waals surface area (Å²) >= 11 is 0. The SMILES string of the molecule is COC(=O)c1ccc(NC(=O)C(=O)N2CCCc3ccccc32)cc1. The predicted octanol–water partition coefficient (Wildman–Crippen LogP) is 2.39. The van der Waals surface area contributed by atoms with Crippen LogP contribution in [0.1, 0.15) is 22.3 Å². The molecule has 2 aromatic carbocycles. The smallest absolute Gasteiger partial charge is 0.337 e. The molecule has 0 unspecified atom stereocenters. The van der Waals surface area contributed by atoms with E-state index in [2.05, 4.69) is 10.1 Å². The summed E-state index contributed by atoms with van der Waals surface area (Å²) in [4.78, 5) is 37.7. The fraction of sp³-hybridized carbons (Fsp3) is 0.211. The quantitative estimate of drug-likeness (QED) is 0.674. The predicted molar refractivity (Wildman–Crippen MR) is 93.5 cm³/mol. The third-order valence-corrected chi connectivity index (χ3v) is 4.11. The Balaban J connectivity index is 1.72. The van der Waals surface area contributed by atoms with Crippen molar-refractivity contribution in [2.24, 2.45) is 0 Å². The largest absolute Gasteiger partial charge is 0.465 e. The molecule has 0 fully saturated rings. The number of carbonyl (C=O) groups excluding carboxylic acids is 3. The third kappa shape index (κ3) is 3.52. The molecule has 6 heteroatoms. The Morgan fingerprint density at radius 2 is 1.76 bits per heavy atom. The summed E-state index contributed by atoms with van der Waals surface area (Å²) in [5, 5.41) is 2.57. The van der Waals surface area contributed by atoms with Gasteiger partial charge in [0.25, 0.3) is 0 Å². The van der Waals surface area contributed by atoms with E-state index in [4.69, 9.17) is 0 Å². The highest BCUT2D eigenvalue weighted by atomic mass is 16.5. The molecule has 1 aliphatic heterocycles. The lowest BCUT2D eigenvalue weighted by Gasteiger charge is -2.28. The molecule has 128 valence electrons. The number of hydrogen-bond acceptors (Lipinski definition) is 4. The summed E-state index contributed by atoms with van der Waals surface area (Å²) in [5.41, 5.74) is 2.67. The van der Waals surface area contributed by atoms with Crippen molar-refractivity contribution in [3.8, 4) is 0 Å². The maximum Gasteiger partial charge on any atom is 0.337 e. The molecule has 0 atom stereocenters. The van der Waals surface area contributed by atoms with Crippen LogP contribution in [0.25, 0.3) is 0 Å². The van der Waals surface area contributed by atoms with E-state index in [9.17, 15) is 14.4 Å². The molecule has 1 N–H and O–H groups in total. The number of ether oxygens (including phenoxy) is 1. The van der Waals surface area contributed by atoms with Crippen LogP contribution in [0.4, 0.5) is 11.4 Å². The Kier molecular flexibility index (Phi) is 4.79. The van der Waals surface area contributed by atoms with Gasteiger partial charge < -0.3 is 15.0 Å². The van der Waals surface area contributed by atoms with Crippen LogP contribution in [-0.4, -0.2) is 31.4 Å². The number of rotatable bonds is 2. The lowest BCUT2D eigenvalue weighted by molar-refractivity contribution is -0.134. The van der Waals surface area contributed by atoms with Gasteiger partial charge in [-0.1, -0.05) is 18.2 Å². The number of methoxy groups -OCH3 is 1. The highest BCUT2D eigenvalue weighted by Gasteiger charge is 2.27. The summed E-state index contributed by atoms with van der Waals surface area (Å²) < 4.78 is 4.62. The number of aryl methyl sites for hydroxylation is 1. The first-order valence-electron chi connectivity index (χ1n) is 7.99. The van der Waals surface area contributed by atoms with E-state index in [-0.39, 0.29) is 0 Å². The minimum absolute atomic E-state index is 0.372. The van der Waals surface area contributed by atoms with Gasteiger partial charge in [0.15, 0.2) is 0 Å². The maximum absolute atomic E-state index is 12.5. The lowest BCUT2D eigenvalue weighted by Crippen LogP contribution is -2.42. The zero-order valence-electron chi connectivity index (χ0n) is 13.8. The standard InChI is InChI=1S/C19H18N2O4/c1-25-19(24)14-8-10-15(11-9-14)20-17(22)18(23)21-12-4-6-13-5-2-3-7-16(13)21/h2-3,5,7-11H,4,6,12H2,1H3,(H,20,22). The van der Waals surface area contributed by atoms with Gasteiger partial charge in [0.05, 0.1) is 12.7 Å². The molecule has 25 heavy (non-hydrogen) atoms. The second-order valence-electron chi connectivity index (χ2n) is 5.71. The number of nitrogens with zero attached hydrogens (tertiary/aromatic N) is 1. The van der Waals surface area contributed by atoms with Crippen molar-refractivity contribution in [2.45, 2.75) is 12.8 Å². The molecule has 0 saturated heterocycles. The van der Waals surface area contributed by atoms with Crippen LogP contribution in [0.5, 0.6) is 0 Å². The minimum atomic E-state index is -0.706. The highest BCUT2D eigenvalue weighted by Crippen LogP contribution is 2.26. The van der Waals surface area contributed by atoms with Crippen LogP contribution >= 0.6 is 0 Å². The number of hydrogen-bond donors (Lipinski definition) is 1. The van der Waals surface area contributed by atoms with Crippen LogP contribution in [0.2, 0.25) is 0 Å². The first-order chi connectivity index (χ1) is 12.1. The molecule has 2 amide bonds. The van der Waals surface area contributed by atoms with Crippen LogP contribution in [0, 0.1) is 0 Å². The minimum Gasteiger partial charge on any atom is -0.465 e.